The summed E-state index contributed by atoms with van der Waals surface area (Å²) in [6, 6.07) is 9.97. The molecule has 0 spiro atoms. The Balaban J connectivity index is 1.64. The largest absolute Gasteiger partial charge is 0.394 e. The second-order valence-electron chi connectivity index (χ2n) is 9.35. The lowest BCUT2D eigenvalue weighted by Crippen LogP contribution is -2.37. The number of aliphatic hydroxyl groups excluding tert-OH is 1. The third-order valence-corrected chi connectivity index (χ3v) is 6.52. The summed E-state index contributed by atoms with van der Waals surface area (Å²) in [7, 11) is 0. The second-order valence-corrected chi connectivity index (χ2v) is 9.35. The van der Waals surface area contributed by atoms with Gasteiger partial charge in [-0.15, -0.1) is 0 Å². The molecule has 2 atom stereocenters. The first-order chi connectivity index (χ1) is 16.2. The highest BCUT2D eigenvalue weighted by molar-refractivity contribution is 5.76. The van der Waals surface area contributed by atoms with Gasteiger partial charge in [0.25, 0.3) is 0 Å². The molecular weight excluding hydrogens is 445 g/mol. The highest BCUT2D eigenvalue weighted by Crippen LogP contribution is 2.36. The fourth-order valence-corrected chi connectivity index (χ4v) is 4.68. The minimum atomic E-state index is -4.12. The van der Waals surface area contributed by atoms with E-state index in [9.17, 15) is 18.3 Å². The number of nitrogens with one attached hydrogen (secondary N) is 1. The quantitative estimate of drug-likeness (QED) is 0.613. The third-order valence-electron chi connectivity index (χ3n) is 6.52. The molecule has 0 bridgehead atoms. The van der Waals surface area contributed by atoms with E-state index in [0.717, 1.165) is 41.3 Å². The minimum absolute atomic E-state index is 0.0125. The van der Waals surface area contributed by atoms with Gasteiger partial charge < -0.3 is 25.0 Å². The summed E-state index contributed by atoms with van der Waals surface area (Å²) in [6.07, 6.45) is -4.30. The van der Waals surface area contributed by atoms with Gasteiger partial charge in [0, 0.05) is 44.3 Å². The summed E-state index contributed by atoms with van der Waals surface area (Å²) in [5, 5.41) is 12.8. The van der Waals surface area contributed by atoms with Crippen molar-refractivity contribution < 1.29 is 23.0 Å². The summed E-state index contributed by atoms with van der Waals surface area (Å²) in [5.41, 5.74) is 4.02. The van der Waals surface area contributed by atoms with Gasteiger partial charge in [0.05, 0.1) is 19.8 Å². The van der Waals surface area contributed by atoms with Crippen LogP contribution in [0, 0.1) is 12.8 Å². The number of hydrogen-bond acceptors (Lipinski definition) is 6. The van der Waals surface area contributed by atoms with E-state index in [4.69, 9.17) is 9.72 Å². The van der Waals surface area contributed by atoms with Gasteiger partial charge in [0.15, 0.2) is 0 Å². The average molecular weight is 479 g/mol. The number of hydrogen-bond donors (Lipinski definition) is 2. The zero-order valence-corrected chi connectivity index (χ0v) is 19.7. The van der Waals surface area contributed by atoms with Crippen molar-refractivity contribution >= 4 is 17.3 Å². The molecule has 6 nitrogen and oxygen atoms in total. The minimum Gasteiger partial charge on any atom is -0.394 e. The SMILES string of the molecule is Cc1ccc(N2CCC(CC(F)(F)F)C2)cc1-c1cc(NC(C)CO)nc(N2CCOCC2)c1. The first kappa shape index (κ1) is 24.6. The van der Waals surface area contributed by atoms with E-state index < -0.39 is 12.6 Å². The van der Waals surface area contributed by atoms with Crippen LogP contribution in [-0.4, -0.2) is 68.3 Å². The first-order valence-corrected chi connectivity index (χ1v) is 11.9. The van der Waals surface area contributed by atoms with Crippen LogP contribution in [0.25, 0.3) is 11.1 Å². The highest BCUT2D eigenvalue weighted by Gasteiger charge is 2.35. The first-order valence-electron chi connectivity index (χ1n) is 11.9. The second kappa shape index (κ2) is 10.4. The Labute approximate surface area is 198 Å². The number of aliphatic hydroxyl groups is 1. The lowest BCUT2D eigenvalue weighted by Gasteiger charge is -2.29. The normalized spacial score (nSPS) is 20.0. The molecule has 4 rings (SSSR count). The molecule has 2 N–H and O–H groups in total. The van der Waals surface area contributed by atoms with Crippen LogP contribution >= 0.6 is 0 Å². The van der Waals surface area contributed by atoms with E-state index in [1.165, 1.54) is 0 Å². The number of benzene rings is 1. The van der Waals surface area contributed by atoms with Crippen LogP contribution < -0.4 is 15.1 Å². The van der Waals surface area contributed by atoms with E-state index in [1.807, 2.05) is 32.0 Å². The number of nitrogens with zero attached hydrogens (tertiary/aromatic N) is 3. The summed E-state index contributed by atoms with van der Waals surface area (Å²) >= 11 is 0. The van der Waals surface area contributed by atoms with Crippen molar-refractivity contribution in [1.82, 2.24) is 4.98 Å². The Hall–Kier alpha value is -2.52. The van der Waals surface area contributed by atoms with Gasteiger partial charge in [-0.05, 0) is 67.1 Å². The number of aryl methyl sites for hydroxylation is 1. The number of rotatable bonds is 7. The number of pyridine rings is 1. The molecule has 0 saturated carbocycles. The molecule has 2 unspecified atom stereocenters. The topological polar surface area (TPSA) is 60.9 Å². The number of ether oxygens (including phenoxy) is 1. The molecule has 2 aliphatic rings. The van der Waals surface area contributed by atoms with E-state index >= 15 is 0 Å². The van der Waals surface area contributed by atoms with E-state index in [2.05, 4.69) is 27.2 Å². The Morgan fingerprint density at radius 2 is 1.91 bits per heavy atom. The van der Waals surface area contributed by atoms with Crippen LogP contribution in [0.15, 0.2) is 30.3 Å². The molecule has 1 aromatic heterocycles. The van der Waals surface area contributed by atoms with E-state index in [-0.39, 0.29) is 18.6 Å². The number of alkyl halides is 3. The molecule has 2 saturated heterocycles. The van der Waals surface area contributed by atoms with Crippen LogP contribution in [0.3, 0.4) is 0 Å². The van der Waals surface area contributed by atoms with Crippen molar-refractivity contribution in [3.8, 4) is 11.1 Å². The maximum absolute atomic E-state index is 12.9. The molecule has 3 heterocycles. The van der Waals surface area contributed by atoms with Crippen molar-refractivity contribution in [2.24, 2.45) is 5.92 Å². The smallest absolute Gasteiger partial charge is 0.389 e. The maximum Gasteiger partial charge on any atom is 0.389 e. The zero-order valence-electron chi connectivity index (χ0n) is 19.7. The number of halogens is 3. The molecule has 1 aromatic carbocycles. The van der Waals surface area contributed by atoms with Crippen molar-refractivity contribution in [3.05, 3.63) is 35.9 Å². The number of anilines is 3. The molecule has 2 aliphatic heterocycles. The molecular formula is C25H33F3N4O2. The molecule has 9 heteroatoms. The Kier molecular flexibility index (Phi) is 7.52. The van der Waals surface area contributed by atoms with Crippen LogP contribution in [0.4, 0.5) is 30.5 Å². The van der Waals surface area contributed by atoms with Crippen molar-refractivity contribution in [3.63, 3.8) is 0 Å². The van der Waals surface area contributed by atoms with Crippen molar-refractivity contribution in [2.75, 3.05) is 61.1 Å². The van der Waals surface area contributed by atoms with E-state index in [1.54, 1.807) is 0 Å². The van der Waals surface area contributed by atoms with Crippen LogP contribution in [0.1, 0.15) is 25.3 Å². The molecule has 34 heavy (non-hydrogen) atoms. The molecule has 0 radical (unpaired) electrons. The van der Waals surface area contributed by atoms with E-state index in [0.29, 0.717) is 38.5 Å². The predicted octanol–water partition coefficient (Wildman–Crippen LogP) is 4.47. The fourth-order valence-electron chi connectivity index (χ4n) is 4.68. The Morgan fingerprint density at radius 1 is 1.15 bits per heavy atom. The monoisotopic (exact) mass is 478 g/mol. The van der Waals surface area contributed by atoms with Gasteiger partial charge in [-0.1, -0.05) is 6.07 Å². The molecule has 186 valence electrons. The number of morpholine rings is 1. The summed E-state index contributed by atoms with van der Waals surface area (Å²) < 4.78 is 44.1. The standard InChI is InChI=1S/C25H33F3N4O2/c1-17-3-4-21(32-6-5-19(15-32)14-25(26,27)28)13-22(17)20-11-23(29-18(2)16-33)30-24(12-20)31-7-9-34-10-8-31/h3-4,11-13,18-19,33H,5-10,14-16H2,1-2H3,(H,29,30). The predicted molar refractivity (Wildman–Crippen MR) is 129 cm³/mol. The molecule has 2 aromatic rings. The van der Waals surface area contributed by atoms with Gasteiger partial charge >= 0.3 is 6.18 Å². The van der Waals surface area contributed by atoms with Gasteiger partial charge in [-0.3, -0.25) is 0 Å². The Morgan fingerprint density at radius 3 is 2.62 bits per heavy atom. The molecule has 0 amide bonds. The summed E-state index contributed by atoms with van der Waals surface area (Å²) in [6.45, 7) is 7.73. The van der Waals surface area contributed by atoms with Crippen LogP contribution in [0.5, 0.6) is 0 Å². The molecule has 2 fully saturated rings. The highest BCUT2D eigenvalue weighted by atomic mass is 19.4. The lowest BCUT2D eigenvalue weighted by molar-refractivity contribution is -0.142. The van der Waals surface area contributed by atoms with Gasteiger partial charge in [0.1, 0.15) is 11.6 Å². The number of aromatic nitrogens is 1. The lowest BCUT2D eigenvalue weighted by atomic mass is 9.99. The third kappa shape index (κ3) is 6.13. The van der Waals surface area contributed by atoms with Gasteiger partial charge in [-0.2, -0.15) is 13.2 Å². The van der Waals surface area contributed by atoms with Crippen LogP contribution in [0.2, 0.25) is 0 Å². The Bertz CT molecular complexity index is 979. The van der Waals surface area contributed by atoms with Crippen molar-refractivity contribution in [1.29, 1.82) is 0 Å². The maximum atomic E-state index is 12.9. The van der Waals surface area contributed by atoms with Crippen LogP contribution in [-0.2, 0) is 4.74 Å². The fraction of sp³-hybridized carbons (Fsp3) is 0.560. The van der Waals surface area contributed by atoms with Crippen molar-refractivity contribution in [2.45, 2.75) is 38.9 Å². The summed E-state index contributed by atoms with van der Waals surface area (Å²) in [5.74, 6) is 1.15. The summed E-state index contributed by atoms with van der Waals surface area (Å²) in [4.78, 5) is 9.01. The zero-order chi connectivity index (χ0) is 24.3. The molecule has 0 aliphatic carbocycles. The average Bonchev–Trinajstić information content (AvgIpc) is 3.26. The van der Waals surface area contributed by atoms with Gasteiger partial charge in [0.2, 0.25) is 0 Å². The van der Waals surface area contributed by atoms with Gasteiger partial charge in [-0.25, -0.2) is 4.98 Å².